The molecular weight excluding hydrogens is 279 g/mol. The van der Waals surface area contributed by atoms with Crippen LogP contribution in [0.4, 0.5) is 4.39 Å². The van der Waals surface area contributed by atoms with Crippen molar-refractivity contribution in [3.05, 3.63) is 33.5 Å². The zero-order valence-electron chi connectivity index (χ0n) is 8.43. The molecule has 0 spiro atoms. The first-order chi connectivity index (χ1) is 6.92. The molecule has 0 saturated carbocycles. The van der Waals surface area contributed by atoms with Gasteiger partial charge in [0, 0.05) is 21.4 Å². The first-order valence-corrected chi connectivity index (χ1v) is 6.36. The van der Waals surface area contributed by atoms with E-state index in [0.29, 0.717) is 21.4 Å². The normalized spacial score (nSPS) is 18.8. The number of carbonyl (C=O) groups excluding carboxylic acids is 1. The monoisotopic (exact) mass is 288 g/mol. The Morgan fingerprint density at radius 1 is 1.47 bits per heavy atom. The quantitative estimate of drug-likeness (QED) is 0.722. The van der Waals surface area contributed by atoms with Gasteiger partial charge in [-0.2, -0.15) is 0 Å². The van der Waals surface area contributed by atoms with Gasteiger partial charge < -0.3 is 0 Å². The van der Waals surface area contributed by atoms with E-state index in [4.69, 9.17) is 0 Å². The minimum Gasteiger partial charge on any atom is -0.293 e. The summed E-state index contributed by atoms with van der Waals surface area (Å²) >= 11 is 4.69. The number of halogens is 2. The van der Waals surface area contributed by atoms with E-state index in [1.807, 2.05) is 13.8 Å². The summed E-state index contributed by atoms with van der Waals surface area (Å²) in [6.07, 6.45) is 0. The van der Waals surface area contributed by atoms with Gasteiger partial charge in [0.25, 0.3) is 0 Å². The highest BCUT2D eigenvalue weighted by molar-refractivity contribution is 9.10. The fourth-order valence-corrected chi connectivity index (χ4v) is 3.06. The van der Waals surface area contributed by atoms with Crippen LogP contribution < -0.4 is 0 Å². The molecule has 0 atom stereocenters. The Bertz CT molecular complexity index is 442. The third-order valence-electron chi connectivity index (χ3n) is 2.53. The Morgan fingerprint density at radius 3 is 2.80 bits per heavy atom. The molecule has 0 amide bonds. The Morgan fingerprint density at radius 2 is 2.13 bits per heavy atom. The van der Waals surface area contributed by atoms with E-state index in [-0.39, 0.29) is 11.6 Å². The van der Waals surface area contributed by atoms with Crippen molar-refractivity contribution in [3.63, 3.8) is 0 Å². The summed E-state index contributed by atoms with van der Waals surface area (Å²) in [4.78, 5) is 12.0. The van der Waals surface area contributed by atoms with Gasteiger partial charge in [-0.1, -0.05) is 15.9 Å². The summed E-state index contributed by atoms with van der Waals surface area (Å²) in [5.41, 5.74) is 1.05. The second kappa shape index (κ2) is 3.59. The second-order valence-electron chi connectivity index (χ2n) is 4.04. The molecule has 2 rings (SSSR count). The van der Waals surface area contributed by atoms with E-state index >= 15 is 0 Å². The van der Waals surface area contributed by atoms with Crippen LogP contribution in [0.25, 0.3) is 0 Å². The minimum atomic E-state index is -0.444. The molecule has 1 aliphatic rings. The number of carbonyl (C=O) groups is 1. The van der Waals surface area contributed by atoms with Gasteiger partial charge in [0.2, 0.25) is 0 Å². The maximum atomic E-state index is 13.6. The van der Waals surface area contributed by atoms with Gasteiger partial charge >= 0.3 is 0 Å². The molecule has 1 heterocycles. The molecule has 80 valence electrons. The topological polar surface area (TPSA) is 17.1 Å². The fourth-order valence-electron chi connectivity index (χ4n) is 1.60. The van der Waals surface area contributed by atoms with E-state index in [1.54, 1.807) is 6.07 Å². The average Bonchev–Trinajstić information content (AvgIpc) is 2.12. The van der Waals surface area contributed by atoms with Crippen LogP contribution in [0.15, 0.2) is 16.6 Å². The number of fused-ring (bicyclic) bond motifs is 1. The van der Waals surface area contributed by atoms with E-state index < -0.39 is 4.75 Å². The molecule has 0 N–H and O–H groups in total. The number of thioether (sulfide) groups is 1. The van der Waals surface area contributed by atoms with Gasteiger partial charge in [-0.15, -0.1) is 11.8 Å². The number of Topliss-reactive ketones (excluding diaryl/α,β-unsaturated/α-hetero) is 1. The van der Waals surface area contributed by atoms with Gasteiger partial charge in [-0.25, -0.2) is 4.39 Å². The van der Waals surface area contributed by atoms with Gasteiger partial charge in [0.1, 0.15) is 5.82 Å². The van der Waals surface area contributed by atoms with Crippen LogP contribution in [-0.2, 0) is 5.75 Å². The molecule has 0 unspecified atom stereocenters. The van der Waals surface area contributed by atoms with Crippen molar-refractivity contribution in [2.24, 2.45) is 0 Å². The molecule has 0 fully saturated rings. The third kappa shape index (κ3) is 1.85. The second-order valence-corrected chi connectivity index (χ2v) is 6.56. The maximum absolute atomic E-state index is 13.6. The highest BCUT2D eigenvalue weighted by Crippen LogP contribution is 2.39. The number of benzene rings is 1. The first-order valence-electron chi connectivity index (χ1n) is 4.58. The van der Waals surface area contributed by atoms with Gasteiger partial charge in [-0.3, -0.25) is 4.79 Å². The SMILES string of the molecule is CC1(C)SCc2c(F)cc(Br)cc2C1=O. The van der Waals surface area contributed by atoms with E-state index in [1.165, 1.54) is 17.8 Å². The smallest absolute Gasteiger partial charge is 0.178 e. The predicted octanol–water partition coefficient (Wildman–Crippen LogP) is 3.80. The summed E-state index contributed by atoms with van der Waals surface area (Å²) in [6.45, 7) is 3.75. The zero-order chi connectivity index (χ0) is 11.2. The lowest BCUT2D eigenvalue weighted by atomic mass is 9.95. The van der Waals surface area contributed by atoms with Crippen molar-refractivity contribution in [3.8, 4) is 0 Å². The molecule has 1 aliphatic heterocycles. The Hall–Kier alpha value is -0.350. The highest BCUT2D eigenvalue weighted by Gasteiger charge is 2.36. The molecule has 1 nitrogen and oxygen atoms in total. The Kier molecular flexibility index (Phi) is 2.67. The van der Waals surface area contributed by atoms with Gasteiger partial charge in [0.05, 0.1) is 4.75 Å². The minimum absolute atomic E-state index is 0.00829. The average molecular weight is 289 g/mol. The van der Waals surface area contributed by atoms with Crippen LogP contribution in [0.5, 0.6) is 0 Å². The van der Waals surface area contributed by atoms with Crippen molar-refractivity contribution in [1.29, 1.82) is 0 Å². The van der Waals surface area contributed by atoms with Gasteiger partial charge in [-0.05, 0) is 26.0 Å². The van der Waals surface area contributed by atoms with Crippen LogP contribution in [-0.4, -0.2) is 10.5 Å². The molecule has 0 saturated heterocycles. The molecule has 15 heavy (non-hydrogen) atoms. The summed E-state index contributed by atoms with van der Waals surface area (Å²) in [5.74, 6) is 0.275. The van der Waals surface area contributed by atoms with Crippen LogP contribution in [0.1, 0.15) is 29.8 Å². The summed E-state index contributed by atoms with van der Waals surface area (Å²) in [5, 5.41) is 0. The lowest BCUT2D eigenvalue weighted by molar-refractivity contribution is 0.0954. The number of ketones is 1. The van der Waals surface area contributed by atoms with Crippen LogP contribution >= 0.6 is 27.7 Å². The maximum Gasteiger partial charge on any atom is 0.178 e. The van der Waals surface area contributed by atoms with Crippen molar-refractivity contribution in [2.45, 2.75) is 24.3 Å². The zero-order valence-corrected chi connectivity index (χ0v) is 10.8. The molecule has 1 aromatic rings. The molecule has 0 aromatic heterocycles. The van der Waals surface area contributed by atoms with Crippen LogP contribution in [0.2, 0.25) is 0 Å². The fraction of sp³-hybridized carbons (Fsp3) is 0.364. The standard InChI is InChI=1S/C11H10BrFOS/c1-11(2)10(14)7-3-6(12)4-9(13)8(7)5-15-11/h3-4H,5H2,1-2H3. The largest absolute Gasteiger partial charge is 0.293 e. The van der Waals surface area contributed by atoms with E-state index in [2.05, 4.69) is 15.9 Å². The van der Waals surface area contributed by atoms with Crippen LogP contribution in [0, 0.1) is 5.82 Å². The number of hydrogen-bond donors (Lipinski definition) is 0. The molecule has 0 aliphatic carbocycles. The Labute approximate surface area is 101 Å². The first kappa shape index (κ1) is 11.1. The molecular formula is C11H10BrFOS. The number of hydrogen-bond acceptors (Lipinski definition) is 2. The lowest BCUT2D eigenvalue weighted by Gasteiger charge is -2.29. The van der Waals surface area contributed by atoms with Crippen molar-refractivity contribution in [1.82, 2.24) is 0 Å². The highest BCUT2D eigenvalue weighted by atomic mass is 79.9. The predicted molar refractivity (Wildman–Crippen MR) is 63.8 cm³/mol. The van der Waals surface area contributed by atoms with E-state index in [9.17, 15) is 9.18 Å². The Balaban J connectivity index is 2.62. The molecule has 0 radical (unpaired) electrons. The van der Waals surface area contributed by atoms with Gasteiger partial charge in [0.15, 0.2) is 5.78 Å². The number of rotatable bonds is 0. The summed E-state index contributed by atoms with van der Waals surface area (Å²) in [7, 11) is 0. The lowest BCUT2D eigenvalue weighted by Crippen LogP contribution is -2.32. The molecule has 4 heteroatoms. The third-order valence-corrected chi connectivity index (χ3v) is 4.33. The molecule has 0 bridgehead atoms. The summed E-state index contributed by atoms with van der Waals surface area (Å²) in [6, 6.07) is 3.12. The van der Waals surface area contributed by atoms with Crippen molar-refractivity contribution >= 4 is 33.5 Å². The summed E-state index contributed by atoms with van der Waals surface area (Å²) < 4.78 is 13.7. The van der Waals surface area contributed by atoms with Crippen molar-refractivity contribution < 1.29 is 9.18 Å². The molecule has 1 aromatic carbocycles. The van der Waals surface area contributed by atoms with Crippen LogP contribution in [0.3, 0.4) is 0 Å². The van der Waals surface area contributed by atoms with Crippen molar-refractivity contribution in [2.75, 3.05) is 0 Å². The van der Waals surface area contributed by atoms with E-state index in [0.717, 1.165) is 0 Å².